The van der Waals surface area contributed by atoms with E-state index in [1.165, 1.54) is 0 Å². The van der Waals surface area contributed by atoms with Gasteiger partial charge in [0.05, 0.1) is 0 Å². The Morgan fingerprint density at radius 1 is 0.818 bits per heavy atom. The maximum Gasteiger partial charge on any atom is 0.135 e. The first-order valence-corrected chi connectivity index (χ1v) is 13.9. The number of hydrogen-bond donors (Lipinski definition) is 0. The molecule has 0 radical (unpaired) electrons. The van der Waals surface area contributed by atoms with Crippen molar-refractivity contribution >= 4 is 38.9 Å². The third kappa shape index (κ3) is 4.72. The number of aryl methyl sites for hydroxylation is 1. The van der Waals surface area contributed by atoms with Crippen LogP contribution < -0.4 is 14.5 Å². The number of hydrogen-bond acceptors (Lipinski definition) is 5. The van der Waals surface area contributed by atoms with Gasteiger partial charge >= 0.3 is 0 Å². The molecule has 218 valence electrons. The summed E-state index contributed by atoms with van der Waals surface area (Å²) in [5, 5.41) is 1.92. The smallest absolute Gasteiger partial charge is 0.135 e. The second kappa shape index (κ2) is 11.3. The predicted molar refractivity (Wildman–Crippen MR) is 172 cm³/mol. The Kier molecular flexibility index (Phi) is 6.29. The first-order valence-electron chi connectivity index (χ1n) is 15.4. The van der Waals surface area contributed by atoms with Crippen LogP contribution in [0.3, 0.4) is 0 Å². The molecule has 0 N–H and O–H groups in total. The average molecular weight is 755 g/mol. The number of benzene rings is 4. The molecule has 8 rings (SSSR count). The molecule has 1 aliphatic heterocycles. The van der Waals surface area contributed by atoms with Gasteiger partial charge in [0.15, 0.2) is 0 Å². The minimum absolute atomic E-state index is 0. The largest absolute Gasteiger partial charge is 0.504 e. The Morgan fingerprint density at radius 2 is 1.61 bits per heavy atom. The van der Waals surface area contributed by atoms with Gasteiger partial charge in [0, 0.05) is 59.6 Å². The molecule has 0 unspecified atom stereocenters. The number of anilines is 3. The standard InChI is InChI=1S/C37H26N5O.Pt/c1-25-20-36(39-23-31(25)26-10-4-3-5-11-26)42-32-13-7-6-12-29(32)30-17-16-28(22-35(30)42)43-37-21-27(18-19-38-37)41-24-40(2)33-14-8-9-15-34(33)41;/h3-20,23-24H,1-2H3;/q-3;/i1D3;. The molecule has 6 nitrogen and oxygen atoms in total. The topological polar surface area (TPSA) is 46.4 Å². The van der Waals surface area contributed by atoms with Gasteiger partial charge in [0.25, 0.3) is 0 Å². The summed E-state index contributed by atoms with van der Waals surface area (Å²) in [6.45, 7) is -0.352. The third-order valence-corrected chi connectivity index (χ3v) is 7.70. The van der Waals surface area contributed by atoms with Crippen LogP contribution >= 0.6 is 0 Å². The van der Waals surface area contributed by atoms with E-state index < -0.39 is 6.85 Å². The van der Waals surface area contributed by atoms with Crippen molar-refractivity contribution in [3.8, 4) is 28.6 Å². The van der Waals surface area contributed by atoms with Gasteiger partial charge in [0.1, 0.15) is 11.7 Å². The van der Waals surface area contributed by atoms with E-state index >= 15 is 0 Å². The minimum Gasteiger partial charge on any atom is -0.504 e. The molecule has 7 aromatic rings. The van der Waals surface area contributed by atoms with E-state index in [2.05, 4.69) is 34.1 Å². The van der Waals surface area contributed by atoms with E-state index in [9.17, 15) is 0 Å². The van der Waals surface area contributed by atoms with Crippen LogP contribution in [0.2, 0.25) is 0 Å². The summed E-state index contributed by atoms with van der Waals surface area (Å²) < 4.78 is 33.2. The number of pyridine rings is 2. The van der Waals surface area contributed by atoms with Crippen molar-refractivity contribution in [1.29, 1.82) is 0 Å². The second-order valence-corrected chi connectivity index (χ2v) is 10.3. The van der Waals surface area contributed by atoms with Crippen molar-refractivity contribution in [3.05, 3.63) is 140 Å². The van der Waals surface area contributed by atoms with E-state index in [-0.39, 0.29) is 26.6 Å². The molecule has 0 aliphatic carbocycles. The van der Waals surface area contributed by atoms with Gasteiger partial charge in [-0.1, -0.05) is 66.2 Å². The molecule has 7 heteroatoms. The van der Waals surface area contributed by atoms with E-state index in [4.69, 9.17) is 13.8 Å². The van der Waals surface area contributed by atoms with Gasteiger partial charge < -0.3 is 19.1 Å². The molecule has 0 amide bonds. The Hall–Kier alpha value is -4.93. The van der Waals surface area contributed by atoms with E-state index in [0.29, 0.717) is 28.5 Å². The summed E-state index contributed by atoms with van der Waals surface area (Å²) in [5.74, 6) is 1.22. The molecule has 0 saturated carbocycles. The quantitative estimate of drug-likeness (QED) is 0.165. The average Bonchev–Trinajstić information content (AvgIpc) is 3.59. The van der Waals surface area contributed by atoms with Crippen LogP contribution in [0.4, 0.5) is 17.1 Å². The molecule has 4 aromatic carbocycles. The number of rotatable bonds is 5. The van der Waals surface area contributed by atoms with Gasteiger partial charge in [0.2, 0.25) is 0 Å². The van der Waals surface area contributed by atoms with E-state index in [1.807, 2.05) is 108 Å². The van der Waals surface area contributed by atoms with Crippen molar-refractivity contribution in [2.45, 2.75) is 6.85 Å². The molecule has 0 fully saturated rings. The van der Waals surface area contributed by atoms with E-state index in [1.54, 1.807) is 18.5 Å². The van der Waals surface area contributed by atoms with Gasteiger partial charge in [-0.05, 0) is 60.9 Å². The minimum atomic E-state index is -2.35. The van der Waals surface area contributed by atoms with Gasteiger partial charge in [-0.3, -0.25) is 4.98 Å². The molecule has 3 aromatic heterocycles. The van der Waals surface area contributed by atoms with Crippen LogP contribution in [0.1, 0.15) is 9.68 Å². The van der Waals surface area contributed by atoms with Crippen LogP contribution in [-0.4, -0.2) is 21.6 Å². The van der Waals surface area contributed by atoms with Crippen molar-refractivity contribution in [1.82, 2.24) is 14.5 Å². The fourth-order valence-electron chi connectivity index (χ4n) is 5.70. The number of nitrogens with zero attached hydrogens (tertiary/aromatic N) is 5. The molecule has 44 heavy (non-hydrogen) atoms. The zero-order chi connectivity index (χ0) is 31.4. The maximum atomic E-state index is 8.35. The Morgan fingerprint density at radius 3 is 2.48 bits per heavy atom. The molecular weight excluding hydrogens is 726 g/mol. The number of aromatic nitrogens is 3. The molecule has 0 bridgehead atoms. The molecule has 0 saturated heterocycles. The monoisotopic (exact) mass is 754 g/mol. The third-order valence-electron chi connectivity index (χ3n) is 7.70. The van der Waals surface area contributed by atoms with Crippen LogP contribution in [0.5, 0.6) is 11.6 Å². The van der Waals surface area contributed by atoms with Crippen LogP contribution in [0, 0.1) is 25.7 Å². The zero-order valence-corrected chi connectivity index (χ0v) is 25.8. The fourth-order valence-corrected chi connectivity index (χ4v) is 5.70. The summed E-state index contributed by atoms with van der Waals surface area (Å²) in [5.41, 5.74) is 6.09. The number of ether oxygens (including phenoxy) is 1. The van der Waals surface area contributed by atoms with Gasteiger partial charge in [-0.2, -0.15) is 30.6 Å². The molecular formula is C37H26N5OPt-3. The summed E-state index contributed by atoms with van der Waals surface area (Å²) in [4.78, 5) is 13.3. The van der Waals surface area contributed by atoms with Crippen molar-refractivity contribution in [2.75, 3.05) is 16.8 Å². The SMILES string of the molecule is [2H]C([2H])([2H])c1cc(-n2c3[c-]c(Oc4[c-]c(N5[CH-]N(C)c6ccccc65)ccn4)ccc3c3ccccc32)ncc1-c1ccccc1.[Pt]. The van der Waals surface area contributed by atoms with Gasteiger partial charge in [-0.25, -0.2) is 4.98 Å². The summed E-state index contributed by atoms with van der Waals surface area (Å²) in [6, 6.07) is 39.7. The Labute approximate surface area is 274 Å². The Bertz CT molecular complexity index is 2250. The molecule has 0 spiro atoms. The second-order valence-electron chi connectivity index (χ2n) is 10.3. The fraction of sp³-hybridized carbons (Fsp3) is 0.0541. The van der Waals surface area contributed by atoms with Crippen LogP contribution in [-0.2, 0) is 21.1 Å². The normalized spacial score (nSPS) is 13.7. The van der Waals surface area contributed by atoms with Crippen molar-refractivity contribution < 1.29 is 29.9 Å². The zero-order valence-electron chi connectivity index (χ0n) is 26.5. The van der Waals surface area contributed by atoms with Crippen molar-refractivity contribution in [2.24, 2.45) is 0 Å². The maximum absolute atomic E-state index is 8.35. The van der Waals surface area contributed by atoms with E-state index in [0.717, 1.165) is 38.9 Å². The predicted octanol–water partition coefficient (Wildman–Crippen LogP) is 8.65. The van der Waals surface area contributed by atoms with Crippen LogP contribution in [0.15, 0.2) is 116 Å². The van der Waals surface area contributed by atoms with Crippen molar-refractivity contribution in [3.63, 3.8) is 0 Å². The first-order chi connectivity index (χ1) is 22.3. The molecule has 4 heterocycles. The summed E-state index contributed by atoms with van der Waals surface area (Å²) in [6.07, 6.45) is 3.34. The molecule has 1 aliphatic rings. The summed E-state index contributed by atoms with van der Waals surface area (Å²) in [7, 11) is 2.01. The summed E-state index contributed by atoms with van der Waals surface area (Å²) >= 11 is 0. The number of fused-ring (bicyclic) bond motifs is 4. The van der Waals surface area contributed by atoms with Gasteiger partial charge in [-0.15, -0.1) is 17.5 Å². The number of para-hydroxylation sites is 3. The molecule has 0 atom stereocenters. The van der Waals surface area contributed by atoms with Crippen LogP contribution in [0.25, 0.3) is 38.8 Å². The first kappa shape index (κ1) is 24.5. The Balaban J connectivity index is 0.00000351.